The summed E-state index contributed by atoms with van der Waals surface area (Å²) >= 11 is 0. The molecule has 0 aliphatic rings. The Kier molecular flexibility index (Phi) is 5.51. The predicted octanol–water partition coefficient (Wildman–Crippen LogP) is 2.92. The normalized spacial score (nSPS) is 10.4. The first kappa shape index (κ1) is 15.3. The molecule has 0 atom stereocenters. The number of pyridine rings is 1. The minimum absolute atomic E-state index is 0.195. The number of rotatable bonds is 7. The van der Waals surface area contributed by atoms with Gasteiger partial charge in [-0.1, -0.05) is 19.1 Å². The summed E-state index contributed by atoms with van der Waals surface area (Å²) < 4.78 is 24.4. The van der Waals surface area contributed by atoms with Crippen LogP contribution in [0.3, 0.4) is 0 Å². The summed E-state index contributed by atoms with van der Waals surface area (Å²) in [6.07, 6.45) is 0. The standard InChI is InChI=1S/C16H19FN2O2/c1-3-18-10-12-7-8-15(14(17)9-12)21-11-13-5-4-6-16(19-13)20-2/h4-9,18H,3,10-11H2,1-2H3. The molecule has 0 amide bonds. The topological polar surface area (TPSA) is 43.4 Å². The average molecular weight is 290 g/mol. The Bertz CT molecular complexity index is 590. The lowest BCUT2D eigenvalue weighted by Gasteiger charge is -2.09. The van der Waals surface area contributed by atoms with Gasteiger partial charge in [0.25, 0.3) is 0 Å². The quantitative estimate of drug-likeness (QED) is 0.851. The maximum atomic E-state index is 13.9. The van der Waals surface area contributed by atoms with Gasteiger partial charge < -0.3 is 14.8 Å². The molecule has 1 N–H and O–H groups in total. The smallest absolute Gasteiger partial charge is 0.213 e. The average Bonchev–Trinajstić information content (AvgIpc) is 2.52. The van der Waals surface area contributed by atoms with E-state index in [0.717, 1.165) is 12.1 Å². The highest BCUT2D eigenvalue weighted by Gasteiger charge is 2.06. The van der Waals surface area contributed by atoms with Crippen molar-refractivity contribution in [1.82, 2.24) is 10.3 Å². The maximum Gasteiger partial charge on any atom is 0.213 e. The molecule has 0 radical (unpaired) electrons. The van der Waals surface area contributed by atoms with Gasteiger partial charge in [-0.3, -0.25) is 0 Å². The van der Waals surface area contributed by atoms with Gasteiger partial charge in [-0.25, -0.2) is 9.37 Å². The summed E-state index contributed by atoms with van der Waals surface area (Å²) in [7, 11) is 1.55. The van der Waals surface area contributed by atoms with Gasteiger partial charge in [-0.2, -0.15) is 0 Å². The molecule has 0 aliphatic carbocycles. The molecule has 0 aliphatic heterocycles. The molecule has 0 fully saturated rings. The van der Waals surface area contributed by atoms with Crippen LogP contribution in [0.5, 0.6) is 11.6 Å². The van der Waals surface area contributed by atoms with Gasteiger partial charge in [0.1, 0.15) is 6.61 Å². The van der Waals surface area contributed by atoms with Crippen LogP contribution in [0.25, 0.3) is 0 Å². The van der Waals surface area contributed by atoms with Crippen LogP contribution in [-0.2, 0) is 13.2 Å². The maximum absolute atomic E-state index is 13.9. The zero-order valence-corrected chi connectivity index (χ0v) is 12.2. The minimum Gasteiger partial charge on any atom is -0.484 e. The second-order valence-electron chi connectivity index (χ2n) is 4.51. The number of aromatic nitrogens is 1. The number of halogens is 1. The van der Waals surface area contributed by atoms with Gasteiger partial charge in [0.05, 0.1) is 12.8 Å². The van der Waals surface area contributed by atoms with E-state index in [1.165, 1.54) is 6.07 Å². The second kappa shape index (κ2) is 7.59. The number of hydrogen-bond acceptors (Lipinski definition) is 4. The van der Waals surface area contributed by atoms with Crippen molar-refractivity contribution < 1.29 is 13.9 Å². The Morgan fingerprint density at radius 2 is 2.10 bits per heavy atom. The van der Waals surface area contributed by atoms with E-state index < -0.39 is 0 Å². The third-order valence-corrected chi connectivity index (χ3v) is 2.94. The van der Waals surface area contributed by atoms with Crippen LogP contribution in [0.2, 0.25) is 0 Å². The van der Waals surface area contributed by atoms with Crippen LogP contribution in [0, 0.1) is 5.82 Å². The number of hydrogen-bond donors (Lipinski definition) is 1. The Morgan fingerprint density at radius 3 is 2.81 bits per heavy atom. The highest BCUT2D eigenvalue weighted by atomic mass is 19.1. The van der Waals surface area contributed by atoms with E-state index in [2.05, 4.69) is 10.3 Å². The summed E-state index contributed by atoms with van der Waals surface area (Å²) in [5.41, 5.74) is 1.58. The van der Waals surface area contributed by atoms with E-state index in [1.807, 2.05) is 19.1 Å². The van der Waals surface area contributed by atoms with E-state index >= 15 is 0 Å². The molecule has 0 unspecified atom stereocenters. The molecule has 1 heterocycles. The first-order valence-electron chi connectivity index (χ1n) is 6.84. The van der Waals surface area contributed by atoms with Crippen LogP contribution in [-0.4, -0.2) is 18.6 Å². The van der Waals surface area contributed by atoms with Crippen molar-refractivity contribution in [1.29, 1.82) is 0 Å². The molecule has 1 aromatic carbocycles. The molecule has 1 aromatic heterocycles. The Morgan fingerprint density at radius 1 is 1.24 bits per heavy atom. The number of nitrogens with one attached hydrogen (secondary N) is 1. The van der Waals surface area contributed by atoms with Gasteiger partial charge in [-0.05, 0) is 30.3 Å². The molecular weight excluding hydrogens is 271 g/mol. The summed E-state index contributed by atoms with van der Waals surface area (Å²) in [4.78, 5) is 4.21. The summed E-state index contributed by atoms with van der Waals surface area (Å²) in [6.45, 7) is 3.70. The number of methoxy groups -OCH3 is 1. The molecule has 0 saturated carbocycles. The predicted molar refractivity (Wildman–Crippen MR) is 78.9 cm³/mol. The van der Waals surface area contributed by atoms with Crippen LogP contribution >= 0.6 is 0 Å². The lowest BCUT2D eigenvalue weighted by atomic mass is 10.2. The van der Waals surface area contributed by atoms with Gasteiger partial charge in [0, 0.05) is 12.6 Å². The molecule has 4 nitrogen and oxygen atoms in total. The second-order valence-corrected chi connectivity index (χ2v) is 4.51. The van der Waals surface area contributed by atoms with Crippen LogP contribution in [0.15, 0.2) is 36.4 Å². The van der Waals surface area contributed by atoms with Crippen molar-refractivity contribution in [3.05, 3.63) is 53.5 Å². The van der Waals surface area contributed by atoms with Gasteiger partial charge in [-0.15, -0.1) is 0 Å². The van der Waals surface area contributed by atoms with Crippen molar-refractivity contribution in [3.8, 4) is 11.6 Å². The fourth-order valence-electron chi connectivity index (χ4n) is 1.84. The van der Waals surface area contributed by atoms with E-state index in [-0.39, 0.29) is 18.2 Å². The van der Waals surface area contributed by atoms with Crippen molar-refractivity contribution in [2.75, 3.05) is 13.7 Å². The number of ether oxygens (including phenoxy) is 2. The molecule has 2 aromatic rings. The lowest BCUT2D eigenvalue weighted by molar-refractivity contribution is 0.283. The highest BCUT2D eigenvalue weighted by Crippen LogP contribution is 2.19. The van der Waals surface area contributed by atoms with Crippen LogP contribution in [0.1, 0.15) is 18.2 Å². The molecule has 112 valence electrons. The van der Waals surface area contributed by atoms with Crippen LogP contribution in [0.4, 0.5) is 4.39 Å². The van der Waals surface area contributed by atoms with E-state index in [0.29, 0.717) is 18.1 Å². The molecule has 0 saturated heterocycles. The molecule has 0 bridgehead atoms. The molecule has 5 heteroatoms. The van der Waals surface area contributed by atoms with E-state index in [1.54, 1.807) is 25.3 Å². The zero-order valence-electron chi connectivity index (χ0n) is 12.2. The van der Waals surface area contributed by atoms with Crippen molar-refractivity contribution in [2.24, 2.45) is 0 Å². The minimum atomic E-state index is -0.367. The van der Waals surface area contributed by atoms with E-state index in [4.69, 9.17) is 9.47 Å². The third kappa shape index (κ3) is 4.43. The monoisotopic (exact) mass is 290 g/mol. The SMILES string of the molecule is CCNCc1ccc(OCc2cccc(OC)n2)c(F)c1. The molecule has 0 spiro atoms. The first-order valence-corrected chi connectivity index (χ1v) is 6.84. The fourth-order valence-corrected chi connectivity index (χ4v) is 1.84. The first-order chi connectivity index (χ1) is 10.2. The summed E-state index contributed by atoms with van der Waals surface area (Å²) in [5, 5.41) is 3.15. The van der Waals surface area contributed by atoms with Crippen molar-refractivity contribution >= 4 is 0 Å². The van der Waals surface area contributed by atoms with E-state index in [9.17, 15) is 4.39 Å². The lowest BCUT2D eigenvalue weighted by Crippen LogP contribution is -2.11. The van der Waals surface area contributed by atoms with Gasteiger partial charge in [0.2, 0.25) is 5.88 Å². The molecular formula is C16H19FN2O2. The van der Waals surface area contributed by atoms with Crippen LogP contribution < -0.4 is 14.8 Å². The highest BCUT2D eigenvalue weighted by molar-refractivity contribution is 5.29. The third-order valence-electron chi connectivity index (χ3n) is 2.94. The van der Waals surface area contributed by atoms with Crippen molar-refractivity contribution in [2.45, 2.75) is 20.1 Å². The Hall–Kier alpha value is -2.14. The number of benzene rings is 1. The summed E-state index contributed by atoms with van der Waals surface area (Å²) in [5.74, 6) is 0.366. The largest absolute Gasteiger partial charge is 0.484 e. The Labute approximate surface area is 123 Å². The van der Waals surface area contributed by atoms with Gasteiger partial charge in [0.15, 0.2) is 11.6 Å². The number of nitrogens with zero attached hydrogens (tertiary/aromatic N) is 1. The Balaban J connectivity index is 1.99. The van der Waals surface area contributed by atoms with Crippen molar-refractivity contribution in [3.63, 3.8) is 0 Å². The molecule has 21 heavy (non-hydrogen) atoms. The van der Waals surface area contributed by atoms with Gasteiger partial charge >= 0.3 is 0 Å². The summed E-state index contributed by atoms with van der Waals surface area (Å²) in [6, 6.07) is 10.3. The molecule has 2 rings (SSSR count). The zero-order chi connectivity index (χ0) is 15.1. The fraction of sp³-hybridized carbons (Fsp3) is 0.312.